The highest BCUT2D eigenvalue weighted by atomic mass is 16.5. The van der Waals surface area contributed by atoms with Gasteiger partial charge in [0.05, 0.1) is 12.8 Å². The molecule has 0 N–H and O–H groups in total. The van der Waals surface area contributed by atoms with E-state index in [9.17, 15) is 4.79 Å². The van der Waals surface area contributed by atoms with Crippen LogP contribution in [0.5, 0.6) is 5.75 Å². The van der Waals surface area contributed by atoms with Crippen molar-refractivity contribution in [2.45, 2.75) is 31.6 Å². The maximum Gasteiger partial charge on any atom is 0.222 e. The first kappa shape index (κ1) is 19.1. The maximum absolute atomic E-state index is 12.7. The summed E-state index contributed by atoms with van der Waals surface area (Å²) in [6.45, 7) is 1.51. The van der Waals surface area contributed by atoms with E-state index in [0.717, 1.165) is 55.2 Å². The van der Waals surface area contributed by atoms with Crippen molar-refractivity contribution in [1.29, 1.82) is 0 Å². The van der Waals surface area contributed by atoms with E-state index in [-0.39, 0.29) is 5.91 Å². The van der Waals surface area contributed by atoms with Crippen molar-refractivity contribution in [3.05, 3.63) is 66.6 Å². The summed E-state index contributed by atoms with van der Waals surface area (Å²) in [5, 5.41) is 0. The topological polar surface area (TPSA) is 73.1 Å². The number of likely N-dealkylation sites (tertiary alicyclic amines) is 1. The molecule has 1 aromatic carbocycles. The van der Waals surface area contributed by atoms with Gasteiger partial charge >= 0.3 is 0 Å². The van der Waals surface area contributed by atoms with Crippen molar-refractivity contribution in [2.75, 3.05) is 20.2 Å². The van der Waals surface area contributed by atoms with Crippen LogP contribution < -0.4 is 4.74 Å². The molecule has 0 atom stereocenters. The molecule has 0 unspecified atom stereocenters. The lowest BCUT2D eigenvalue weighted by Crippen LogP contribution is -2.38. The summed E-state index contributed by atoms with van der Waals surface area (Å²) in [5.74, 6) is 2.18. The third kappa shape index (κ3) is 4.45. The van der Waals surface area contributed by atoms with Crippen LogP contribution in [0.2, 0.25) is 0 Å². The first-order valence-corrected chi connectivity index (χ1v) is 9.94. The predicted molar refractivity (Wildman–Crippen MR) is 109 cm³/mol. The Labute approximate surface area is 170 Å². The van der Waals surface area contributed by atoms with Crippen molar-refractivity contribution < 1.29 is 9.53 Å². The number of carbonyl (C=O) groups is 1. The highest BCUT2D eigenvalue weighted by molar-refractivity contribution is 5.76. The van der Waals surface area contributed by atoms with E-state index in [1.165, 1.54) is 0 Å². The second-order valence-electron chi connectivity index (χ2n) is 7.24. The highest BCUT2D eigenvalue weighted by Gasteiger charge is 2.26. The fourth-order valence-electron chi connectivity index (χ4n) is 3.82. The minimum Gasteiger partial charge on any atom is -0.497 e. The van der Waals surface area contributed by atoms with Gasteiger partial charge in [-0.15, -0.1) is 0 Å². The number of ether oxygens (including phenoxy) is 1. The molecule has 3 aromatic rings. The average molecular weight is 391 g/mol. The van der Waals surface area contributed by atoms with Gasteiger partial charge < -0.3 is 9.64 Å². The Morgan fingerprint density at radius 2 is 1.86 bits per heavy atom. The van der Waals surface area contributed by atoms with Crippen molar-refractivity contribution in [3.8, 4) is 11.6 Å². The highest BCUT2D eigenvalue weighted by Crippen LogP contribution is 2.30. The number of imidazole rings is 1. The van der Waals surface area contributed by atoms with Gasteiger partial charge in [0.25, 0.3) is 0 Å². The molecule has 1 aliphatic rings. The van der Waals surface area contributed by atoms with Crippen LogP contribution in [0.1, 0.15) is 36.4 Å². The Hall–Kier alpha value is -3.22. The van der Waals surface area contributed by atoms with E-state index in [4.69, 9.17) is 4.74 Å². The summed E-state index contributed by atoms with van der Waals surface area (Å²) in [6, 6.07) is 7.90. The zero-order valence-electron chi connectivity index (χ0n) is 16.6. The predicted octanol–water partition coefficient (Wildman–Crippen LogP) is 3.01. The summed E-state index contributed by atoms with van der Waals surface area (Å²) in [5.41, 5.74) is 2.13. The van der Waals surface area contributed by atoms with Gasteiger partial charge in [-0.05, 0) is 37.0 Å². The third-order valence-electron chi connectivity index (χ3n) is 5.48. The first-order valence-electron chi connectivity index (χ1n) is 9.94. The Balaban J connectivity index is 1.33. The number of benzene rings is 1. The van der Waals surface area contributed by atoms with Gasteiger partial charge in [0.15, 0.2) is 5.82 Å². The Morgan fingerprint density at radius 3 is 2.55 bits per heavy atom. The zero-order chi connectivity index (χ0) is 20.1. The van der Waals surface area contributed by atoms with Gasteiger partial charge in [-0.1, -0.05) is 12.1 Å². The minimum atomic E-state index is 0.216. The number of rotatable bonds is 6. The van der Waals surface area contributed by atoms with Crippen LogP contribution in [-0.2, 0) is 11.2 Å². The number of methoxy groups -OCH3 is 1. The summed E-state index contributed by atoms with van der Waals surface area (Å²) in [4.78, 5) is 27.8. The summed E-state index contributed by atoms with van der Waals surface area (Å²) in [7, 11) is 1.65. The summed E-state index contributed by atoms with van der Waals surface area (Å²) < 4.78 is 7.08. The average Bonchev–Trinajstić information content (AvgIpc) is 3.33. The molecule has 29 heavy (non-hydrogen) atoms. The van der Waals surface area contributed by atoms with Crippen molar-refractivity contribution in [1.82, 2.24) is 24.4 Å². The van der Waals surface area contributed by atoms with Crippen molar-refractivity contribution in [2.24, 2.45) is 0 Å². The number of hydrogen-bond acceptors (Lipinski definition) is 5. The molecular weight excluding hydrogens is 366 g/mol. The lowest BCUT2D eigenvalue weighted by Gasteiger charge is -2.32. The van der Waals surface area contributed by atoms with E-state index >= 15 is 0 Å². The number of carbonyl (C=O) groups excluding carboxylic acids is 1. The van der Waals surface area contributed by atoms with Crippen LogP contribution in [0.15, 0.2) is 55.4 Å². The fraction of sp³-hybridized carbons (Fsp3) is 0.364. The normalized spacial score (nSPS) is 14.7. The molecule has 0 aliphatic carbocycles. The van der Waals surface area contributed by atoms with Gasteiger partial charge in [0.2, 0.25) is 5.91 Å². The number of aromatic nitrogens is 4. The lowest BCUT2D eigenvalue weighted by atomic mass is 9.92. The number of hydrogen-bond donors (Lipinski definition) is 0. The Kier molecular flexibility index (Phi) is 5.84. The molecule has 1 amide bonds. The van der Waals surface area contributed by atoms with E-state index in [1.807, 2.05) is 39.9 Å². The van der Waals surface area contributed by atoms with Crippen LogP contribution in [0.4, 0.5) is 0 Å². The molecule has 1 aliphatic heterocycles. The standard InChI is InChI=1S/C22H25N5O2/c1-29-19-5-2-17(3-6-19)4-7-20(28)26-13-8-18(9-14-26)21-22(25-11-10-24-21)27-15-12-23-16-27/h2-3,5-6,10-12,15-16,18H,4,7-9,13-14H2,1H3. The van der Waals surface area contributed by atoms with E-state index in [1.54, 1.807) is 32.0 Å². The molecule has 150 valence electrons. The molecule has 4 rings (SSSR count). The van der Waals surface area contributed by atoms with Crippen LogP contribution in [0.25, 0.3) is 5.82 Å². The molecule has 7 heteroatoms. The largest absolute Gasteiger partial charge is 0.497 e. The summed E-state index contributed by atoms with van der Waals surface area (Å²) in [6.07, 6.45) is 11.9. The monoisotopic (exact) mass is 391 g/mol. The van der Waals surface area contributed by atoms with Gasteiger partial charge in [0.1, 0.15) is 12.1 Å². The number of amides is 1. The van der Waals surface area contributed by atoms with Gasteiger partial charge in [-0.25, -0.2) is 9.97 Å². The molecule has 1 fully saturated rings. The number of nitrogens with zero attached hydrogens (tertiary/aromatic N) is 5. The molecule has 0 bridgehead atoms. The van der Waals surface area contributed by atoms with Crippen LogP contribution in [0.3, 0.4) is 0 Å². The summed E-state index contributed by atoms with van der Waals surface area (Å²) >= 11 is 0. The second-order valence-corrected chi connectivity index (χ2v) is 7.24. The van der Waals surface area contributed by atoms with Crippen LogP contribution >= 0.6 is 0 Å². The SMILES string of the molecule is COc1ccc(CCC(=O)N2CCC(c3nccnc3-n3ccnc3)CC2)cc1. The lowest BCUT2D eigenvalue weighted by molar-refractivity contribution is -0.132. The third-order valence-corrected chi connectivity index (χ3v) is 5.48. The number of aryl methyl sites for hydroxylation is 1. The van der Waals surface area contributed by atoms with Gasteiger partial charge in [-0.3, -0.25) is 14.3 Å². The van der Waals surface area contributed by atoms with E-state index < -0.39 is 0 Å². The van der Waals surface area contributed by atoms with Gasteiger partial charge in [0, 0.05) is 50.2 Å². The molecule has 0 spiro atoms. The molecule has 0 saturated carbocycles. The molecule has 1 saturated heterocycles. The number of piperidine rings is 1. The Bertz CT molecular complexity index is 932. The molecule has 3 heterocycles. The van der Waals surface area contributed by atoms with Crippen molar-refractivity contribution in [3.63, 3.8) is 0 Å². The minimum absolute atomic E-state index is 0.216. The molecular formula is C22H25N5O2. The molecule has 0 radical (unpaired) electrons. The molecule has 7 nitrogen and oxygen atoms in total. The van der Waals surface area contributed by atoms with E-state index in [0.29, 0.717) is 12.3 Å². The molecule has 2 aromatic heterocycles. The smallest absolute Gasteiger partial charge is 0.222 e. The fourth-order valence-corrected chi connectivity index (χ4v) is 3.82. The maximum atomic E-state index is 12.7. The first-order chi connectivity index (χ1) is 14.2. The van der Waals surface area contributed by atoms with Crippen molar-refractivity contribution >= 4 is 5.91 Å². The quantitative estimate of drug-likeness (QED) is 0.646. The van der Waals surface area contributed by atoms with Gasteiger partial charge in [-0.2, -0.15) is 0 Å². The van der Waals surface area contributed by atoms with E-state index in [2.05, 4.69) is 15.0 Å². The van der Waals surface area contributed by atoms with Crippen LogP contribution in [0, 0.1) is 0 Å². The second kappa shape index (κ2) is 8.86. The zero-order valence-corrected chi connectivity index (χ0v) is 16.6. The Morgan fingerprint density at radius 1 is 1.10 bits per heavy atom. The van der Waals surface area contributed by atoms with Crippen LogP contribution in [-0.4, -0.2) is 50.5 Å².